The van der Waals surface area contributed by atoms with E-state index in [9.17, 15) is 18.0 Å². The van der Waals surface area contributed by atoms with Crippen molar-refractivity contribution < 1.29 is 18.0 Å². The number of nitrogen functional groups attached to an aromatic ring is 1. The zero-order valence-corrected chi connectivity index (χ0v) is 9.31. The number of carbonyl (C=O) groups excluding carboxylic acids is 1. The van der Waals surface area contributed by atoms with E-state index >= 15 is 0 Å². The number of aromatic nitrogens is 2. The summed E-state index contributed by atoms with van der Waals surface area (Å²) in [6, 6.07) is -0.349. The number of nitrogens with two attached hydrogens (primary N) is 1. The minimum atomic E-state index is -4.42. The molecular formula is C10H11F3N4O. The molecule has 0 saturated heterocycles. The Balaban J connectivity index is 2.15. The number of anilines is 1. The van der Waals surface area contributed by atoms with E-state index in [0.717, 1.165) is 17.3 Å². The SMILES string of the molecule is Nc1cnc(C(=O)N(CC(F)(F)F)C2CC2)cn1. The van der Waals surface area contributed by atoms with Gasteiger partial charge in [0.15, 0.2) is 0 Å². The number of nitrogens with zero attached hydrogens (tertiary/aromatic N) is 3. The van der Waals surface area contributed by atoms with Crippen molar-refractivity contribution in [2.75, 3.05) is 12.3 Å². The maximum atomic E-state index is 12.4. The van der Waals surface area contributed by atoms with Crippen molar-refractivity contribution in [3.05, 3.63) is 18.1 Å². The zero-order chi connectivity index (χ0) is 13.3. The first-order valence-electron chi connectivity index (χ1n) is 5.32. The van der Waals surface area contributed by atoms with Gasteiger partial charge in [0.1, 0.15) is 18.1 Å². The maximum absolute atomic E-state index is 12.4. The van der Waals surface area contributed by atoms with Gasteiger partial charge in [0.2, 0.25) is 0 Å². The zero-order valence-electron chi connectivity index (χ0n) is 9.31. The maximum Gasteiger partial charge on any atom is 0.406 e. The summed E-state index contributed by atoms with van der Waals surface area (Å²) in [6.45, 7) is -1.26. The molecule has 5 nitrogen and oxygen atoms in total. The van der Waals surface area contributed by atoms with Crippen LogP contribution in [0.15, 0.2) is 12.4 Å². The summed E-state index contributed by atoms with van der Waals surface area (Å²) in [6.07, 6.45) is -1.01. The molecule has 8 heteroatoms. The fourth-order valence-electron chi connectivity index (χ4n) is 1.54. The van der Waals surface area contributed by atoms with Crippen LogP contribution in [0.4, 0.5) is 19.0 Å². The van der Waals surface area contributed by atoms with Crippen LogP contribution >= 0.6 is 0 Å². The Morgan fingerprint density at radius 2 is 2.06 bits per heavy atom. The molecule has 1 fully saturated rings. The Bertz CT molecular complexity index is 441. The molecule has 0 unspecified atom stereocenters. The third-order valence-corrected chi connectivity index (χ3v) is 2.49. The molecule has 18 heavy (non-hydrogen) atoms. The Labute approximate surface area is 101 Å². The number of amides is 1. The number of halogens is 3. The van der Waals surface area contributed by atoms with Crippen LogP contribution < -0.4 is 5.73 Å². The summed E-state index contributed by atoms with van der Waals surface area (Å²) in [5.41, 5.74) is 5.17. The number of alkyl halides is 3. The normalized spacial score (nSPS) is 15.5. The van der Waals surface area contributed by atoms with E-state index in [2.05, 4.69) is 9.97 Å². The van der Waals surface area contributed by atoms with Crippen LogP contribution in [-0.4, -0.2) is 39.5 Å². The number of rotatable bonds is 3. The second-order valence-electron chi connectivity index (χ2n) is 4.11. The van der Waals surface area contributed by atoms with Crippen LogP contribution in [-0.2, 0) is 0 Å². The van der Waals surface area contributed by atoms with Gasteiger partial charge < -0.3 is 10.6 Å². The van der Waals surface area contributed by atoms with Crippen molar-refractivity contribution in [2.24, 2.45) is 0 Å². The first-order chi connectivity index (χ1) is 8.37. The molecule has 0 radical (unpaired) electrons. The number of hydrogen-bond donors (Lipinski definition) is 1. The van der Waals surface area contributed by atoms with Gasteiger partial charge in [0, 0.05) is 6.04 Å². The fourth-order valence-corrected chi connectivity index (χ4v) is 1.54. The molecule has 2 N–H and O–H groups in total. The van der Waals surface area contributed by atoms with Crippen molar-refractivity contribution in [3.63, 3.8) is 0 Å². The van der Waals surface area contributed by atoms with Crippen molar-refractivity contribution in [1.29, 1.82) is 0 Å². The fraction of sp³-hybridized carbons (Fsp3) is 0.500. The molecule has 1 aromatic rings. The average molecular weight is 260 g/mol. The van der Waals surface area contributed by atoms with E-state index in [1.54, 1.807) is 0 Å². The molecule has 1 amide bonds. The molecule has 1 aliphatic rings. The molecule has 1 saturated carbocycles. The lowest BCUT2D eigenvalue weighted by Gasteiger charge is -2.23. The molecule has 1 aromatic heterocycles. The van der Waals surface area contributed by atoms with Crippen molar-refractivity contribution in [1.82, 2.24) is 14.9 Å². The molecule has 0 atom stereocenters. The Morgan fingerprint density at radius 3 is 2.50 bits per heavy atom. The van der Waals surface area contributed by atoms with Gasteiger partial charge in [-0.05, 0) is 12.8 Å². The van der Waals surface area contributed by atoms with E-state index < -0.39 is 18.6 Å². The van der Waals surface area contributed by atoms with Gasteiger partial charge in [-0.3, -0.25) is 4.79 Å². The summed E-state index contributed by atoms with van der Waals surface area (Å²) in [5, 5.41) is 0. The highest BCUT2D eigenvalue weighted by Gasteiger charge is 2.41. The molecule has 2 rings (SSSR count). The highest BCUT2D eigenvalue weighted by molar-refractivity contribution is 5.92. The summed E-state index contributed by atoms with van der Waals surface area (Å²) in [4.78, 5) is 20.0. The predicted molar refractivity (Wildman–Crippen MR) is 56.6 cm³/mol. The summed E-state index contributed by atoms with van der Waals surface area (Å²) < 4.78 is 37.2. The molecule has 98 valence electrons. The van der Waals surface area contributed by atoms with E-state index in [1.807, 2.05) is 0 Å². The quantitative estimate of drug-likeness (QED) is 0.887. The minimum absolute atomic E-state index is 0.111. The van der Waals surface area contributed by atoms with E-state index in [1.165, 1.54) is 0 Å². The first-order valence-corrected chi connectivity index (χ1v) is 5.32. The molecule has 1 heterocycles. The topological polar surface area (TPSA) is 72.1 Å². The standard InChI is InChI=1S/C10H11F3N4O/c11-10(12,13)5-17(6-1-2-6)9(18)7-3-16-8(14)4-15-7/h3-4,6H,1-2,5H2,(H2,14,16). The monoisotopic (exact) mass is 260 g/mol. The van der Waals surface area contributed by atoms with Gasteiger partial charge in [0.05, 0.1) is 12.4 Å². The Kier molecular flexibility index (Phi) is 3.10. The van der Waals surface area contributed by atoms with Gasteiger partial charge in [-0.1, -0.05) is 0 Å². The molecule has 1 aliphatic carbocycles. The van der Waals surface area contributed by atoms with Crippen LogP contribution in [0.1, 0.15) is 23.3 Å². The molecule has 0 spiro atoms. The smallest absolute Gasteiger partial charge is 0.382 e. The van der Waals surface area contributed by atoms with Gasteiger partial charge in [0.25, 0.3) is 5.91 Å². The molecular weight excluding hydrogens is 249 g/mol. The van der Waals surface area contributed by atoms with Crippen molar-refractivity contribution in [2.45, 2.75) is 25.1 Å². The van der Waals surface area contributed by atoms with Crippen LogP contribution in [0.5, 0.6) is 0 Å². The van der Waals surface area contributed by atoms with Crippen LogP contribution in [0.3, 0.4) is 0 Å². The van der Waals surface area contributed by atoms with Gasteiger partial charge >= 0.3 is 6.18 Å². The predicted octanol–water partition coefficient (Wildman–Crippen LogP) is 1.23. The van der Waals surface area contributed by atoms with E-state index in [4.69, 9.17) is 5.73 Å². The van der Waals surface area contributed by atoms with Gasteiger partial charge in [-0.15, -0.1) is 0 Å². The van der Waals surface area contributed by atoms with Gasteiger partial charge in [-0.25, -0.2) is 9.97 Å². The second-order valence-corrected chi connectivity index (χ2v) is 4.11. The third-order valence-electron chi connectivity index (χ3n) is 2.49. The lowest BCUT2D eigenvalue weighted by atomic mass is 10.3. The minimum Gasteiger partial charge on any atom is -0.382 e. The molecule has 0 bridgehead atoms. The number of carbonyl (C=O) groups is 1. The van der Waals surface area contributed by atoms with Crippen LogP contribution in [0.2, 0.25) is 0 Å². The van der Waals surface area contributed by atoms with Crippen LogP contribution in [0, 0.1) is 0 Å². The lowest BCUT2D eigenvalue weighted by Crippen LogP contribution is -2.40. The highest BCUT2D eigenvalue weighted by Crippen LogP contribution is 2.31. The van der Waals surface area contributed by atoms with Crippen LogP contribution in [0.25, 0.3) is 0 Å². The van der Waals surface area contributed by atoms with E-state index in [0.29, 0.717) is 12.8 Å². The number of hydrogen-bond acceptors (Lipinski definition) is 4. The molecule has 0 aromatic carbocycles. The third kappa shape index (κ3) is 3.08. The molecule has 0 aliphatic heterocycles. The Morgan fingerprint density at radius 1 is 1.39 bits per heavy atom. The van der Waals surface area contributed by atoms with Crippen molar-refractivity contribution in [3.8, 4) is 0 Å². The first kappa shape index (κ1) is 12.6. The van der Waals surface area contributed by atoms with Crippen molar-refractivity contribution >= 4 is 11.7 Å². The average Bonchev–Trinajstić information content (AvgIpc) is 3.08. The lowest BCUT2D eigenvalue weighted by molar-refractivity contribution is -0.141. The van der Waals surface area contributed by atoms with E-state index in [-0.39, 0.29) is 17.6 Å². The summed E-state index contributed by atoms with van der Waals surface area (Å²) >= 11 is 0. The Hall–Kier alpha value is -1.86. The second kappa shape index (κ2) is 4.43. The summed E-state index contributed by atoms with van der Waals surface area (Å²) in [7, 11) is 0. The largest absolute Gasteiger partial charge is 0.406 e. The van der Waals surface area contributed by atoms with Gasteiger partial charge in [-0.2, -0.15) is 13.2 Å². The highest BCUT2D eigenvalue weighted by atomic mass is 19.4. The summed E-state index contributed by atoms with van der Waals surface area (Å²) in [5.74, 6) is -0.650.